The second-order valence-corrected chi connectivity index (χ2v) is 7.17. The number of anilines is 2. The van der Waals surface area contributed by atoms with Crippen molar-refractivity contribution in [3.63, 3.8) is 0 Å². The van der Waals surface area contributed by atoms with Crippen molar-refractivity contribution in [2.75, 3.05) is 17.2 Å². The van der Waals surface area contributed by atoms with Gasteiger partial charge in [0.25, 0.3) is 11.8 Å². The Balaban J connectivity index is 1.41. The minimum Gasteiger partial charge on any atom is -0.485 e. The standard InChI is InChI=1S/C21H16BrN3O4/c22-14-8-9-19(23-11-14)25-20(26)13-4-3-5-15(10-13)24-21(27)18-12-28-16-6-1-2-7-17(16)29-18/h1-11,18H,12H2,(H,24,27)(H,23,25,26). The van der Waals surface area contributed by atoms with Gasteiger partial charge in [0.15, 0.2) is 11.5 Å². The summed E-state index contributed by atoms with van der Waals surface area (Å²) in [5, 5.41) is 5.48. The molecular formula is C21H16BrN3O4. The molecule has 0 saturated carbocycles. The van der Waals surface area contributed by atoms with Gasteiger partial charge in [0.1, 0.15) is 12.4 Å². The van der Waals surface area contributed by atoms with Gasteiger partial charge in [-0.2, -0.15) is 0 Å². The van der Waals surface area contributed by atoms with E-state index in [4.69, 9.17) is 9.47 Å². The number of carbonyl (C=O) groups excluding carboxylic acids is 2. The highest BCUT2D eigenvalue weighted by molar-refractivity contribution is 9.10. The summed E-state index contributed by atoms with van der Waals surface area (Å²) in [7, 11) is 0. The van der Waals surface area contributed by atoms with E-state index in [1.807, 2.05) is 12.1 Å². The first kappa shape index (κ1) is 18.9. The summed E-state index contributed by atoms with van der Waals surface area (Å²) in [6, 6.07) is 17.3. The Labute approximate surface area is 175 Å². The first-order valence-corrected chi connectivity index (χ1v) is 9.60. The number of carbonyl (C=O) groups is 2. The summed E-state index contributed by atoms with van der Waals surface area (Å²) in [4.78, 5) is 29.1. The number of aromatic nitrogens is 1. The van der Waals surface area contributed by atoms with Crippen molar-refractivity contribution in [2.45, 2.75) is 6.10 Å². The molecule has 1 aromatic heterocycles. The van der Waals surface area contributed by atoms with E-state index >= 15 is 0 Å². The number of nitrogens with one attached hydrogen (secondary N) is 2. The van der Waals surface area contributed by atoms with Crippen molar-refractivity contribution in [3.05, 3.63) is 76.9 Å². The van der Waals surface area contributed by atoms with Crippen molar-refractivity contribution in [3.8, 4) is 11.5 Å². The maximum absolute atomic E-state index is 12.6. The quantitative estimate of drug-likeness (QED) is 0.625. The molecule has 4 rings (SSSR count). The molecule has 2 heterocycles. The smallest absolute Gasteiger partial charge is 0.269 e. The van der Waals surface area contributed by atoms with Crippen LogP contribution < -0.4 is 20.1 Å². The number of fused-ring (bicyclic) bond motifs is 1. The molecule has 0 aliphatic carbocycles. The third kappa shape index (κ3) is 4.55. The molecule has 1 aliphatic heterocycles. The third-order valence-corrected chi connectivity index (χ3v) is 4.63. The Morgan fingerprint density at radius 1 is 1.00 bits per heavy atom. The van der Waals surface area contributed by atoms with Gasteiger partial charge in [-0.1, -0.05) is 18.2 Å². The largest absolute Gasteiger partial charge is 0.485 e. The number of rotatable bonds is 4. The van der Waals surface area contributed by atoms with Gasteiger partial charge in [0.05, 0.1) is 0 Å². The molecule has 2 amide bonds. The number of para-hydroxylation sites is 2. The minimum atomic E-state index is -0.783. The molecule has 0 fully saturated rings. The zero-order chi connectivity index (χ0) is 20.2. The lowest BCUT2D eigenvalue weighted by atomic mass is 10.1. The van der Waals surface area contributed by atoms with Crippen LogP contribution in [0.3, 0.4) is 0 Å². The molecule has 8 heteroatoms. The zero-order valence-corrected chi connectivity index (χ0v) is 16.7. The van der Waals surface area contributed by atoms with Crippen LogP contribution in [-0.4, -0.2) is 29.5 Å². The number of pyridine rings is 1. The molecule has 0 radical (unpaired) electrons. The Hall–Kier alpha value is -3.39. The Morgan fingerprint density at radius 3 is 2.62 bits per heavy atom. The van der Waals surface area contributed by atoms with Gasteiger partial charge in [0.2, 0.25) is 6.10 Å². The number of ether oxygens (including phenoxy) is 2. The Kier molecular flexibility index (Phi) is 5.44. The summed E-state index contributed by atoms with van der Waals surface area (Å²) in [6.45, 7) is 0.109. The summed E-state index contributed by atoms with van der Waals surface area (Å²) in [5.74, 6) is 0.874. The van der Waals surface area contributed by atoms with E-state index in [0.717, 1.165) is 4.47 Å². The van der Waals surface area contributed by atoms with Crippen LogP contribution in [0, 0.1) is 0 Å². The lowest BCUT2D eigenvalue weighted by Crippen LogP contribution is -2.40. The van der Waals surface area contributed by atoms with Crippen LogP contribution in [0.5, 0.6) is 11.5 Å². The lowest BCUT2D eigenvalue weighted by Gasteiger charge is -2.25. The predicted octanol–water partition coefficient (Wildman–Crippen LogP) is 3.87. The highest BCUT2D eigenvalue weighted by Crippen LogP contribution is 2.31. The van der Waals surface area contributed by atoms with Gasteiger partial charge in [0, 0.05) is 21.9 Å². The van der Waals surface area contributed by atoms with E-state index in [1.54, 1.807) is 54.7 Å². The lowest BCUT2D eigenvalue weighted by molar-refractivity contribution is -0.125. The number of nitrogens with zero attached hydrogens (tertiary/aromatic N) is 1. The molecule has 1 unspecified atom stereocenters. The molecule has 0 bridgehead atoms. The second kappa shape index (κ2) is 8.32. The van der Waals surface area contributed by atoms with Crippen LogP contribution in [0.4, 0.5) is 11.5 Å². The molecule has 2 aromatic carbocycles. The first-order chi connectivity index (χ1) is 14.1. The Morgan fingerprint density at radius 2 is 1.83 bits per heavy atom. The van der Waals surface area contributed by atoms with Crippen molar-refractivity contribution in [2.24, 2.45) is 0 Å². The highest BCUT2D eigenvalue weighted by atomic mass is 79.9. The normalized spacial score (nSPS) is 14.7. The molecule has 29 heavy (non-hydrogen) atoms. The SMILES string of the molecule is O=C(Nc1ccc(Br)cn1)c1cccc(NC(=O)C2COc3ccccc3O2)c1. The fourth-order valence-electron chi connectivity index (χ4n) is 2.75. The zero-order valence-electron chi connectivity index (χ0n) is 15.1. The molecule has 3 aromatic rings. The van der Waals surface area contributed by atoms with E-state index in [2.05, 4.69) is 31.5 Å². The van der Waals surface area contributed by atoms with E-state index in [0.29, 0.717) is 28.6 Å². The molecule has 0 saturated heterocycles. The molecule has 146 valence electrons. The maximum Gasteiger partial charge on any atom is 0.269 e. The van der Waals surface area contributed by atoms with Crippen LogP contribution in [0.25, 0.3) is 0 Å². The van der Waals surface area contributed by atoms with Crippen LogP contribution in [0.2, 0.25) is 0 Å². The fraction of sp³-hybridized carbons (Fsp3) is 0.0952. The van der Waals surface area contributed by atoms with Gasteiger partial charge < -0.3 is 20.1 Å². The number of hydrogen-bond acceptors (Lipinski definition) is 5. The molecule has 0 spiro atoms. The third-order valence-electron chi connectivity index (χ3n) is 4.16. The van der Waals surface area contributed by atoms with Crippen molar-refractivity contribution in [1.82, 2.24) is 4.98 Å². The topological polar surface area (TPSA) is 89.6 Å². The number of benzene rings is 2. The summed E-state index contributed by atoms with van der Waals surface area (Å²) >= 11 is 3.30. The number of amides is 2. The number of hydrogen-bond donors (Lipinski definition) is 2. The van der Waals surface area contributed by atoms with E-state index in [9.17, 15) is 9.59 Å². The van der Waals surface area contributed by atoms with Crippen LogP contribution in [0.1, 0.15) is 10.4 Å². The predicted molar refractivity (Wildman–Crippen MR) is 111 cm³/mol. The van der Waals surface area contributed by atoms with Crippen molar-refractivity contribution < 1.29 is 19.1 Å². The average molecular weight is 454 g/mol. The van der Waals surface area contributed by atoms with Crippen LogP contribution in [-0.2, 0) is 4.79 Å². The average Bonchev–Trinajstić information content (AvgIpc) is 2.75. The van der Waals surface area contributed by atoms with E-state index < -0.39 is 6.10 Å². The Bertz CT molecular complexity index is 1060. The summed E-state index contributed by atoms with van der Waals surface area (Å²) in [6.07, 6.45) is 0.811. The summed E-state index contributed by atoms with van der Waals surface area (Å²) in [5.41, 5.74) is 0.868. The van der Waals surface area contributed by atoms with Crippen molar-refractivity contribution in [1.29, 1.82) is 0 Å². The maximum atomic E-state index is 12.6. The van der Waals surface area contributed by atoms with Gasteiger partial charge >= 0.3 is 0 Å². The van der Waals surface area contributed by atoms with Crippen LogP contribution in [0.15, 0.2) is 71.3 Å². The molecule has 1 atom stereocenters. The van der Waals surface area contributed by atoms with Gasteiger partial charge in [-0.15, -0.1) is 0 Å². The van der Waals surface area contributed by atoms with Gasteiger partial charge in [-0.25, -0.2) is 4.98 Å². The fourth-order valence-corrected chi connectivity index (χ4v) is 2.98. The highest BCUT2D eigenvalue weighted by Gasteiger charge is 2.27. The first-order valence-electron chi connectivity index (χ1n) is 8.81. The van der Waals surface area contributed by atoms with Gasteiger partial charge in [-0.3, -0.25) is 9.59 Å². The second-order valence-electron chi connectivity index (χ2n) is 6.25. The minimum absolute atomic E-state index is 0.109. The monoisotopic (exact) mass is 453 g/mol. The molecule has 2 N–H and O–H groups in total. The van der Waals surface area contributed by atoms with E-state index in [1.165, 1.54) is 0 Å². The number of halogens is 1. The molecular weight excluding hydrogens is 438 g/mol. The van der Waals surface area contributed by atoms with Gasteiger partial charge in [-0.05, 0) is 58.4 Å². The molecule has 1 aliphatic rings. The van der Waals surface area contributed by atoms with Crippen LogP contribution >= 0.6 is 15.9 Å². The summed E-state index contributed by atoms with van der Waals surface area (Å²) < 4.78 is 12.1. The molecule has 7 nitrogen and oxygen atoms in total. The van der Waals surface area contributed by atoms with E-state index in [-0.39, 0.29) is 18.4 Å². The van der Waals surface area contributed by atoms with Crippen molar-refractivity contribution >= 4 is 39.2 Å².